The van der Waals surface area contributed by atoms with E-state index >= 15 is 0 Å². The van der Waals surface area contributed by atoms with Crippen LogP contribution in [-0.2, 0) is 6.54 Å². The highest BCUT2D eigenvalue weighted by atomic mass is 19.1. The summed E-state index contributed by atoms with van der Waals surface area (Å²) in [6, 6.07) is 23.5. The Bertz CT molecular complexity index is 922. The monoisotopic (exact) mass is 275 g/mol. The lowest BCUT2D eigenvalue weighted by Gasteiger charge is -2.07. The molecule has 0 saturated carbocycles. The van der Waals surface area contributed by atoms with Crippen LogP contribution in [0.25, 0.3) is 21.8 Å². The van der Waals surface area contributed by atoms with E-state index in [4.69, 9.17) is 0 Å². The molecule has 4 rings (SSSR count). The maximum atomic E-state index is 13.6. The van der Waals surface area contributed by atoms with E-state index in [0.29, 0.717) is 0 Å². The molecule has 4 aromatic rings. The van der Waals surface area contributed by atoms with Gasteiger partial charge < -0.3 is 4.57 Å². The molecule has 1 heterocycles. The molecule has 3 aromatic carbocycles. The molecule has 0 aliphatic heterocycles. The Hall–Kier alpha value is -2.61. The van der Waals surface area contributed by atoms with E-state index < -0.39 is 0 Å². The van der Waals surface area contributed by atoms with Crippen molar-refractivity contribution in [2.45, 2.75) is 6.54 Å². The van der Waals surface area contributed by atoms with Gasteiger partial charge in [-0.05, 0) is 29.8 Å². The Morgan fingerprint density at radius 1 is 0.714 bits per heavy atom. The Labute approximate surface area is 122 Å². The van der Waals surface area contributed by atoms with Crippen molar-refractivity contribution in [3.8, 4) is 0 Å². The van der Waals surface area contributed by atoms with Crippen molar-refractivity contribution in [2.24, 2.45) is 0 Å². The Balaban J connectivity index is 2.01. The molecule has 0 spiro atoms. The van der Waals surface area contributed by atoms with E-state index in [0.717, 1.165) is 28.4 Å². The average molecular weight is 275 g/mol. The van der Waals surface area contributed by atoms with Gasteiger partial charge in [0.2, 0.25) is 0 Å². The Morgan fingerprint density at radius 2 is 1.43 bits per heavy atom. The minimum absolute atomic E-state index is 0.190. The Morgan fingerprint density at radius 3 is 2.29 bits per heavy atom. The summed E-state index contributed by atoms with van der Waals surface area (Å²) in [5.41, 5.74) is 3.45. The van der Waals surface area contributed by atoms with E-state index in [1.165, 1.54) is 11.6 Å². The molecule has 0 aliphatic rings. The van der Waals surface area contributed by atoms with Crippen molar-refractivity contribution >= 4 is 21.8 Å². The third-order valence-electron chi connectivity index (χ3n) is 3.92. The summed E-state index contributed by atoms with van der Waals surface area (Å²) in [5.74, 6) is -0.190. The van der Waals surface area contributed by atoms with Crippen molar-refractivity contribution in [1.29, 1.82) is 0 Å². The van der Waals surface area contributed by atoms with E-state index in [2.05, 4.69) is 28.8 Å². The summed E-state index contributed by atoms with van der Waals surface area (Å²) < 4.78 is 15.8. The van der Waals surface area contributed by atoms with Crippen LogP contribution >= 0.6 is 0 Å². The summed E-state index contributed by atoms with van der Waals surface area (Å²) >= 11 is 0. The lowest BCUT2D eigenvalue weighted by atomic mass is 10.1. The third kappa shape index (κ3) is 2.00. The fraction of sp³-hybridized carbons (Fsp3) is 0.0526. The molecule has 0 saturated heterocycles. The molecular formula is C19H14FN. The summed E-state index contributed by atoms with van der Waals surface area (Å²) in [5, 5.41) is 2.07. The number of para-hydroxylation sites is 1. The maximum Gasteiger partial charge on any atom is 0.123 e. The van der Waals surface area contributed by atoms with E-state index in [-0.39, 0.29) is 5.82 Å². The first-order valence-electron chi connectivity index (χ1n) is 7.03. The molecule has 2 heteroatoms. The SMILES string of the molecule is Fc1ccc2c(c1)c1ccccc1n2Cc1ccccc1. The van der Waals surface area contributed by atoms with Gasteiger partial charge in [-0.2, -0.15) is 0 Å². The van der Waals surface area contributed by atoms with Crippen molar-refractivity contribution in [3.05, 3.63) is 84.2 Å². The molecule has 0 aliphatic carbocycles. The number of halogens is 1. The van der Waals surface area contributed by atoms with Crippen LogP contribution in [0.5, 0.6) is 0 Å². The van der Waals surface area contributed by atoms with Crippen LogP contribution in [-0.4, -0.2) is 4.57 Å². The Kier molecular flexibility index (Phi) is 2.74. The van der Waals surface area contributed by atoms with E-state index in [1.807, 2.05) is 36.4 Å². The summed E-state index contributed by atoms with van der Waals surface area (Å²) in [6.07, 6.45) is 0. The van der Waals surface area contributed by atoms with Crippen LogP contribution in [0.1, 0.15) is 5.56 Å². The largest absolute Gasteiger partial charge is 0.336 e. The second-order valence-corrected chi connectivity index (χ2v) is 5.25. The number of rotatable bonds is 2. The molecular weight excluding hydrogens is 261 g/mol. The lowest BCUT2D eigenvalue weighted by Crippen LogP contribution is -1.98. The highest BCUT2D eigenvalue weighted by Crippen LogP contribution is 2.30. The van der Waals surface area contributed by atoms with Crippen LogP contribution in [0.2, 0.25) is 0 Å². The maximum absolute atomic E-state index is 13.6. The number of fused-ring (bicyclic) bond motifs is 3. The van der Waals surface area contributed by atoms with E-state index in [1.54, 1.807) is 6.07 Å². The fourth-order valence-electron chi connectivity index (χ4n) is 2.96. The molecule has 0 unspecified atom stereocenters. The standard InChI is InChI=1S/C19H14FN/c20-15-10-11-19-17(12-15)16-8-4-5-9-18(16)21(19)13-14-6-2-1-3-7-14/h1-12H,13H2. The second kappa shape index (κ2) is 4.74. The van der Waals surface area contributed by atoms with Crippen molar-refractivity contribution < 1.29 is 4.39 Å². The van der Waals surface area contributed by atoms with Gasteiger partial charge in [0.15, 0.2) is 0 Å². The number of nitrogens with zero attached hydrogens (tertiary/aromatic N) is 1. The van der Waals surface area contributed by atoms with Crippen LogP contribution < -0.4 is 0 Å². The number of aromatic nitrogens is 1. The predicted octanol–water partition coefficient (Wildman–Crippen LogP) is 4.98. The van der Waals surface area contributed by atoms with Gasteiger partial charge in [-0.15, -0.1) is 0 Å². The van der Waals surface area contributed by atoms with E-state index in [9.17, 15) is 4.39 Å². The van der Waals surface area contributed by atoms with Gasteiger partial charge in [-0.25, -0.2) is 4.39 Å². The van der Waals surface area contributed by atoms with Crippen molar-refractivity contribution in [1.82, 2.24) is 4.57 Å². The molecule has 0 radical (unpaired) electrons. The molecule has 0 amide bonds. The van der Waals surface area contributed by atoms with Gasteiger partial charge in [-0.1, -0.05) is 48.5 Å². The normalized spacial score (nSPS) is 11.3. The van der Waals surface area contributed by atoms with Crippen LogP contribution in [0, 0.1) is 5.82 Å². The van der Waals surface area contributed by atoms with Crippen molar-refractivity contribution in [3.63, 3.8) is 0 Å². The first-order valence-corrected chi connectivity index (χ1v) is 7.03. The van der Waals surface area contributed by atoms with Crippen LogP contribution in [0.3, 0.4) is 0 Å². The fourth-order valence-corrected chi connectivity index (χ4v) is 2.96. The molecule has 0 fully saturated rings. The summed E-state index contributed by atoms with van der Waals surface area (Å²) in [7, 11) is 0. The third-order valence-corrected chi connectivity index (χ3v) is 3.92. The molecule has 0 N–H and O–H groups in total. The van der Waals surface area contributed by atoms with Crippen molar-refractivity contribution in [2.75, 3.05) is 0 Å². The zero-order valence-corrected chi connectivity index (χ0v) is 11.5. The smallest absolute Gasteiger partial charge is 0.123 e. The van der Waals surface area contributed by atoms with Gasteiger partial charge in [-0.3, -0.25) is 0 Å². The molecule has 21 heavy (non-hydrogen) atoms. The second-order valence-electron chi connectivity index (χ2n) is 5.25. The summed E-state index contributed by atoms with van der Waals surface area (Å²) in [6.45, 7) is 0.788. The first-order chi connectivity index (χ1) is 10.3. The minimum Gasteiger partial charge on any atom is -0.336 e. The first kappa shape index (κ1) is 12.2. The summed E-state index contributed by atoms with van der Waals surface area (Å²) in [4.78, 5) is 0. The number of hydrogen-bond acceptors (Lipinski definition) is 0. The van der Waals surface area contributed by atoms with Gasteiger partial charge >= 0.3 is 0 Å². The highest BCUT2D eigenvalue weighted by molar-refractivity contribution is 6.08. The van der Waals surface area contributed by atoms with Gasteiger partial charge in [0.05, 0.1) is 0 Å². The molecule has 1 aromatic heterocycles. The average Bonchev–Trinajstić information content (AvgIpc) is 2.82. The molecule has 0 atom stereocenters. The highest BCUT2D eigenvalue weighted by Gasteiger charge is 2.11. The van der Waals surface area contributed by atoms with Gasteiger partial charge in [0.1, 0.15) is 5.82 Å². The topological polar surface area (TPSA) is 4.93 Å². The molecule has 102 valence electrons. The van der Waals surface area contributed by atoms with Crippen LogP contribution in [0.4, 0.5) is 4.39 Å². The zero-order chi connectivity index (χ0) is 14.2. The zero-order valence-electron chi connectivity index (χ0n) is 11.5. The van der Waals surface area contributed by atoms with Gasteiger partial charge in [0, 0.05) is 28.4 Å². The molecule has 0 bridgehead atoms. The lowest BCUT2D eigenvalue weighted by molar-refractivity contribution is 0.629. The quantitative estimate of drug-likeness (QED) is 0.486. The predicted molar refractivity (Wildman–Crippen MR) is 84.9 cm³/mol. The van der Waals surface area contributed by atoms with Crippen LogP contribution in [0.15, 0.2) is 72.8 Å². The minimum atomic E-state index is -0.190. The number of benzene rings is 3. The molecule has 1 nitrogen and oxygen atoms in total. The number of hydrogen-bond donors (Lipinski definition) is 0. The van der Waals surface area contributed by atoms with Gasteiger partial charge in [0.25, 0.3) is 0 Å².